The molecule has 0 saturated carbocycles. The van der Waals surface area contributed by atoms with E-state index in [1.807, 2.05) is 25.1 Å². The minimum Gasteiger partial charge on any atom is -0.496 e. The highest BCUT2D eigenvalue weighted by molar-refractivity contribution is 7.15. The Morgan fingerprint density at radius 2 is 2.26 bits per heavy atom. The summed E-state index contributed by atoms with van der Waals surface area (Å²) >= 11 is 1.45. The number of aromatic nitrogens is 1. The number of aryl methyl sites for hydroxylation is 1. The third kappa shape index (κ3) is 3.20. The van der Waals surface area contributed by atoms with Crippen LogP contribution in [0.15, 0.2) is 30.5 Å². The van der Waals surface area contributed by atoms with Gasteiger partial charge in [0.15, 0.2) is 0 Å². The van der Waals surface area contributed by atoms with Crippen LogP contribution in [0.1, 0.15) is 10.4 Å². The molecule has 98 valence electrons. The molecule has 0 unspecified atom stereocenters. The summed E-state index contributed by atoms with van der Waals surface area (Å²) in [6.07, 6.45) is 4.31. The maximum absolute atomic E-state index is 10.4. The van der Waals surface area contributed by atoms with Gasteiger partial charge in [0.25, 0.3) is 0 Å². The molecule has 1 aromatic heterocycles. The maximum Gasteiger partial charge on any atom is 0.328 e. The van der Waals surface area contributed by atoms with E-state index in [0.29, 0.717) is 0 Å². The van der Waals surface area contributed by atoms with Crippen LogP contribution in [0.4, 0.5) is 0 Å². The number of thiazole rings is 1. The van der Waals surface area contributed by atoms with Gasteiger partial charge in [-0.3, -0.25) is 0 Å². The van der Waals surface area contributed by atoms with Gasteiger partial charge in [-0.05, 0) is 36.8 Å². The van der Waals surface area contributed by atoms with E-state index in [0.717, 1.165) is 32.8 Å². The van der Waals surface area contributed by atoms with E-state index in [1.54, 1.807) is 19.4 Å². The molecule has 0 aliphatic rings. The summed E-state index contributed by atoms with van der Waals surface area (Å²) in [7, 11) is 1.64. The van der Waals surface area contributed by atoms with Gasteiger partial charge in [0.1, 0.15) is 10.8 Å². The van der Waals surface area contributed by atoms with Crippen molar-refractivity contribution in [3.8, 4) is 16.3 Å². The summed E-state index contributed by atoms with van der Waals surface area (Å²) in [5.74, 6) is -0.124. The smallest absolute Gasteiger partial charge is 0.328 e. The molecule has 0 bridgehead atoms. The van der Waals surface area contributed by atoms with Gasteiger partial charge < -0.3 is 9.84 Å². The fourth-order valence-corrected chi connectivity index (χ4v) is 2.48. The van der Waals surface area contributed by atoms with Gasteiger partial charge in [-0.25, -0.2) is 9.78 Å². The first kappa shape index (κ1) is 13.3. The highest BCUT2D eigenvalue weighted by Crippen LogP contribution is 2.29. The van der Waals surface area contributed by atoms with Crippen LogP contribution in [0.2, 0.25) is 0 Å². The average Bonchev–Trinajstić information content (AvgIpc) is 2.85. The third-order valence-corrected chi connectivity index (χ3v) is 3.57. The van der Waals surface area contributed by atoms with Gasteiger partial charge in [-0.2, -0.15) is 0 Å². The molecule has 5 heteroatoms. The Morgan fingerprint density at radius 3 is 2.89 bits per heavy atom. The van der Waals surface area contributed by atoms with Crippen molar-refractivity contribution in [2.75, 3.05) is 7.11 Å². The number of hydrogen-bond donors (Lipinski definition) is 1. The first-order valence-corrected chi connectivity index (χ1v) is 6.43. The zero-order valence-electron chi connectivity index (χ0n) is 10.6. The fraction of sp³-hybridized carbons (Fsp3) is 0.143. The summed E-state index contributed by atoms with van der Waals surface area (Å²) in [5.41, 5.74) is 2.04. The minimum absolute atomic E-state index is 0.811. The van der Waals surface area contributed by atoms with Crippen LogP contribution in [0.3, 0.4) is 0 Å². The molecule has 0 saturated heterocycles. The summed E-state index contributed by atoms with van der Waals surface area (Å²) < 4.78 is 5.21. The lowest BCUT2D eigenvalue weighted by Gasteiger charge is -2.05. The van der Waals surface area contributed by atoms with E-state index in [9.17, 15) is 4.79 Å². The summed E-state index contributed by atoms with van der Waals surface area (Å²) in [6.45, 7) is 1.97. The Morgan fingerprint density at radius 1 is 1.47 bits per heavy atom. The number of hydrogen-bond acceptors (Lipinski definition) is 4. The number of carboxylic acid groups (broad SMARTS) is 1. The normalized spacial score (nSPS) is 10.8. The molecule has 2 aromatic rings. The second-order valence-corrected chi connectivity index (χ2v) is 4.99. The molecular formula is C14H13NO3S. The number of carbonyl (C=O) groups is 1. The van der Waals surface area contributed by atoms with Crippen molar-refractivity contribution in [1.29, 1.82) is 0 Å². The van der Waals surface area contributed by atoms with Gasteiger partial charge in [-0.1, -0.05) is 0 Å². The lowest BCUT2D eigenvalue weighted by atomic mass is 10.1. The molecule has 19 heavy (non-hydrogen) atoms. The SMILES string of the molecule is COc1ccc(-c2ncc(/C=C/C(=O)O)s2)cc1C. The zero-order chi connectivity index (χ0) is 13.8. The van der Waals surface area contributed by atoms with Crippen molar-refractivity contribution >= 4 is 23.4 Å². The van der Waals surface area contributed by atoms with Crippen molar-refractivity contribution in [3.63, 3.8) is 0 Å². The van der Waals surface area contributed by atoms with Crippen LogP contribution in [0.5, 0.6) is 5.75 Å². The van der Waals surface area contributed by atoms with E-state index < -0.39 is 5.97 Å². The van der Waals surface area contributed by atoms with Crippen LogP contribution < -0.4 is 4.74 Å². The van der Waals surface area contributed by atoms with Gasteiger partial charge in [-0.15, -0.1) is 11.3 Å². The monoisotopic (exact) mass is 275 g/mol. The largest absolute Gasteiger partial charge is 0.496 e. The number of methoxy groups -OCH3 is 1. The fourth-order valence-electron chi connectivity index (χ4n) is 1.66. The Balaban J connectivity index is 2.27. The van der Waals surface area contributed by atoms with Gasteiger partial charge in [0.2, 0.25) is 0 Å². The van der Waals surface area contributed by atoms with Crippen molar-refractivity contribution in [2.45, 2.75) is 6.92 Å². The molecule has 0 amide bonds. The van der Waals surface area contributed by atoms with Crippen molar-refractivity contribution in [3.05, 3.63) is 40.9 Å². The summed E-state index contributed by atoms with van der Waals surface area (Å²) in [5, 5.41) is 9.43. The standard InChI is InChI=1S/C14H13NO3S/c1-9-7-10(3-5-12(9)18-2)14-15-8-11(19-14)4-6-13(16)17/h3-8H,1-2H3,(H,16,17)/b6-4+. The van der Waals surface area contributed by atoms with Crippen molar-refractivity contribution < 1.29 is 14.6 Å². The van der Waals surface area contributed by atoms with E-state index >= 15 is 0 Å². The van der Waals surface area contributed by atoms with Crippen LogP contribution >= 0.6 is 11.3 Å². The van der Waals surface area contributed by atoms with E-state index in [4.69, 9.17) is 9.84 Å². The molecule has 0 aliphatic carbocycles. The Kier molecular flexibility index (Phi) is 3.97. The van der Waals surface area contributed by atoms with E-state index in [2.05, 4.69) is 4.98 Å². The van der Waals surface area contributed by atoms with E-state index in [1.165, 1.54) is 11.3 Å². The average molecular weight is 275 g/mol. The lowest BCUT2D eigenvalue weighted by molar-refractivity contribution is -0.131. The first-order valence-electron chi connectivity index (χ1n) is 5.62. The highest BCUT2D eigenvalue weighted by atomic mass is 32.1. The number of carboxylic acids is 1. The Labute approximate surface area is 115 Å². The van der Waals surface area contributed by atoms with Crippen LogP contribution in [0, 0.1) is 6.92 Å². The number of nitrogens with zero attached hydrogens (tertiary/aromatic N) is 1. The summed E-state index contributed by atoms with van der Waals surface area (Å²) in [4.78, 5) is 15.6. The molecule has 2 rings (SSSR count). The molecule has 0 radical (unpaired) electrons. The van der Waals surface area contributed by atoms with Gasteiger partial charge in [0, 0.05) is 22.7 Å². The van der Waals surface area contributed by atoms with Crippen molar-refractivity contribution in [1.82, 2.24) is 4.98 Å². The molecule has 4 nitrogen and oxygen atoms in total. The molecule has 0 spiro atoms. The van der Waals surface area contributed by atoms with Gasteiger partial charge >= 0.3 is 5.97 Å². The number of benzene rings is 1. The number of aliphatic carboxylic acids is 1. The number of ether oxygens (including phenoxy) is 1. The lowest BCUT2D eigenvalue weighted by Crippen LogP contribution is -1.87. The van der Waals surface area contributed by atoms with Crippen molar-refractivity contribution in [2.24, 2.45) is 0 Å². The minimum atomic E-state index is -0.963. The van der Waals surface area contributed by atoms with Crippen LogP contribution in [0.25, 0.3) is 16.6 Å². The first-order chi connectivity index (χ1) is 9.10. The number of rotatable bonds is 4. The second-order valence-electron chi connectivity index (χ2n) is 3.92. The summed E-state index contributed by atoms with van der Waals surface area (Å²) in [6, 6.07) is 5.84. The predicted octanol–water partition coefficient (Wildman–Crippen LogP) is 3.22. The zero-order valence-corrected chi connectivity index (χ0v) is 11.4. The topological polar surface area (TPSA) is 59.4 Å². The molecular weight excluding hydrogens is 262 g/mol. The Hall–Kier alpha value is -2.14. The van der Waals surface area contributed by atoms with Crippen LogP contribution in [-0.2, 0) is 4.79 Å². The molecule has 1 N–H and O–H groups in total. The molecule has 0 fully saturated rings. The Bertz CT molecular complexity index is 631. The van der Waals surface area contributed by atoms with E-state index in [-0.39, 0.29) is 0 Å². The highest BCUT2D eigenvalue weighted by Gasteiger charge is 2.06. The molecule has 1 aromatic carbocycles. The quantitative estimate of drug-likeness (QED) is 0.870. The molecule has 0 aliphatic heterocycles. The maximum atomic E-state index is 10.4. The third-order valence-electron chi connectivity index (χ3n) is 2.56. The van der Waals surface area contributed by atoms with Gasteiger partial charge in [0.05, 0.1) is 7.11 Å². The molecule has 0 atom stereocenters. The van der Waals surface area contributed by atoms with Crippen LogP contribution in [-0.4, -0.2) is 23.2 Å². The predicted molar refractivity (Wildman–Crippen MR) is 75.5 cm³/mol. The molecule has 1 heterocycles. The second kappa shape index (κ2) is 5.67.